The molecule has 1 fully saturated rings. The van der Waals surface area contributed by atoms with Crippen LogP contribution in [0.5, 0.6) is 0 Å². The number of anilines is 1. The van der Waals surface area contributed by atoms with Gasteiger partial charge in [-0.2, -0.15) is 5.10 Å². The lowest BCUT2D eigenvalue weighted by molar-refractivity contribution is -0.153. The van der Waals surface area contributed by atoms with Crippen LogP contribution in [0.3, 0.4) is 0 Å². The lowest BCUT2D eigenvalue weighted by Crippen LogP contribution is -2.51. The van der Waals surface area contributed by atoms with Crippen LogP contribution in [0.25, 0.3) is 0 Å². The Morgan fingerprint density at radius 1 is 1.13 bits per heavy atom. The summed E-state index contributed by atoms with van der Waals surface area (Å²) in [7, 11) is -1.11. The molecule has 0 radical (unpaired) electrons. The summed E-state index contributed by atoms with van der Waals surface area (Å²) < 4.78 is 5.25. The first kappa shape index (κ1) is 29.0. The fourth-order valence-electron chi connectivity index (χ4n) is 5.29. The molecular weight excluding hydrogens is 514 g/mol. The molecule has 2 heterocycles. The molecule has 1 aliphatic carbocycles. The Balaban J connectivity index is 1.51. The summed E-state index contributed by atoms with van der Waals surface area (Å²) in [5.41, 5.74) is 1.12. The molecule has 0 saturated heterocycles. The van der Waals surface area contributed by atoms with Gasteiger partial charge in [0.1, 0.15) is 6.61 Å². The maximum atomic E-state index is 13.7. The molecule has 1 aromatic heterocycles. The van der Waals surface area contributed by atoms with Gasteiger partial charge in [-0.3, -0.25) is 14.7 Å². The van der Waals surface area contributed by atoms with Gasteiger partial charge in [0, 0.05) is 5.56 Å². The van der Waals surface area contributed by atoms with Crippen LogP contribution in [0.1, 0.15) is 76.7 Å². The zero-order chi connectivity index (χ0) is 28.8. The Morgan fingerprint density at radius 3 is 2.31 bits per heavy atom. The van der Waals surface area contributed by atoms with Crippen LogP contribution in [0.15, 0.2) is 30.3 Å². The van der Waals surface area contributed by atoms with E-state index < -0.39 is 27.0 Å². The van der Waals surface area contributed by atoms with Crippen molar-refractivity contribution in [1.82, 2.24) is 20.4 Å². The van der Waals surface area contributed by atoms with Crippen molar-refractivity contribution >= 4 is 33.8 Å². The standard InChI is InChI=1S/C29H43N5O4S/c1-27(2,3)25(36)38-18-21(19-13-10-9-11-14-19)30-26(37)34-17-20-22(28(34,4)5)32-33-23(20)31-24(35)29(15-12-16-29)39(6,7)8/h9-11,13-14,21H,12,15-18H2,1-8H3,(H,30,37)(H2,31,32,33,35). The van der Waals surface area contributed by atoms with Gasteiger partial charge in [0.2, 0.25) is 5.91 Å². The number of urea groups is 1. The molecule has 10 heteroatoms. The summed E-state index contributed by atoms with van der Waals surface area (Å²) in [6.07, 6.45) is 9.42. The maximum absolute atomic E-state index is 13.7. The average Bonchev–Trinajstić information content (AvgIpc) is 3.32. The number of esters is 1. The molecule has 4 rings (SSSR count). The Bertz CT molecular complexity index is 1240. The number of carbonyl (C=O) groups excluding carboxylic acids is 3. The van der Waals surface area contributed by atoms with Gasteiger partial charge in [-0.05, 0) is 78.2 Å². The van der Waals surface area contributed by atoms with Crippen molar-refractivity contribution in [2.75, 3.05) is 30.7 Å². The van der Waals surface area contributed by atoms with Gasteiger partial charge in [-0.15, -0.1) is 0 Å². The summed E-state index contributed by atoms with van der Waals surface area (Å²) >= 11 is 0. The first-order valence-electron chi connectivity index (χ1n) is 13.5. The van der Waals surface area contributed by atoms with Crippen molar-refractivity contribution in [2.45, 2.75) is 76.8 Å². The SMILES string of the molecule is CC(C)(C)C(=O)OCC(NC(=O)N1Cc2c(NC(=O)C3(S(C)(C)C)CCC3)n[nH]c2C1(C)C)c1ccccc1. The first-order chi connectivity index (χ1) is 18.1. The van der Waals surface area contributed by atoms with Gasteiger partial charge < -0.3 is 20.3 Å². The summed E-state index contributed by atoms with van der Waals surface area (Å²) in [4.78, 5) is 41.3. The number of nitrogens with one attached hydrogen (secondary N) is 3. The van der Waals surface area contributed by atoms with E-state index in [4.69, 9.17) is 4.74 Å². The van der Waals surface area contributed by atoms with E-state index in [-0.39, 0.29) is 29.3 Å². The fourth-order valence-corrected chi connectivity index (χ4v) is 7.41. The first-order valence-corrected chi connectivity index (χ1v) is 16.3. The van der Waals surface area contributed by atoms with Crippen LogP contribution in [0.4, 0.5) is 10.6 Å². The molecule has 1 atom stereocenters. The molecule has 39 heavy (non-hydrogen) atoms. The molecule has 2 aliphatic rings. The van der Waals surface area contributed by atoms with E-state index in [2.05, 4.69) is 39.6 Å². The molecule has 3 N–H and O–H groups in total. The Labute approximate surface area is 233 Å². The monoisotopic (exact) mass is 557 g/mol. The number of ether oxygens (including phenoxy) is 1. The number of aromatic nitrogens is 2. The number of aromatic amines is 1. The minimum atomic E-state index is -1.11. The zero-order valence-corrected chi connectivity index (χ0v) is 25.3. The Morgan fingerprint density at radius 2 is 1.77 bits per heavy atom. The van der Waals surface area contributed by atoms with Crippen molar-refractivity contribution in [1.29, 1.82) is 0 Å². The van der Waals surface area contributed by atoms with Crippen LogP contribution < -0.4 is 10.6 Å². The Kier molecular flexibility index (Phi) is 7.57. The minimum absolute atomic E-state index is 0.0193. The fraction of sp³-hybridized carbons (Fsp3) is 0.586. The normalized spacial score (nSPS) is 18.9. The number of hydrogen-bond acceptors (Lipinski definition) is 5. The van der Waals surface area contributed by atoms with Crippen LogP contribution >= 0.6 is 10.0 Å². The molecule has 0 bridgehead atoms. The number of benzene rings is 1. The largest absolute Gasteiger partial charge is 0.463 e. The van der Waals surface area contributed by atoms with Crippen molar-refractivity contribution < 1.29 is 19.1 Å². The second-order valence-corrected chi connectivity index (χ2v) is 17.4. The average molecular weight is 558 g/mol. The topological polar surface area (TPSA) is 116 Å². The van der Waals surface area contributed by atoms with E-state index in [1.165, 1.54) is 0 Å². The predicted octanol–water partition coefficient (Wildman–Crippen LogP) is 5.06. The number of H-pyrrole nitrogens is 1. The molecule has 1 unspecified atom stereocenters. The molecule has 2 aromatic rings. The van der Waals surface area contributed by atoms with Crippen molar-refractivity contribution in [3.05, 3.63) is 47.2 Å². The van der Waals surface area contributed by atoms with Gasteiger partial charge in [-0.25, -0.2) is 14.8 Å². The van der Waals surface area contributed by atoms with Gasteiger partial charge in [0.15, 0.2) is 5.82 Å². The quantitative estimate of drug-likeness (QED) is 0.412. The van der Waals surface area contributed by atoms with Gasteiger partial charge >= 0.3 is 12.0 Å². The third kappa shape index (κ3) is 5.40. The highest BCUT2D eigenvalue weighted by Crippen LogP contribution is 2.60. The predicted molar refractivity (Wildman–Crippen MR) is 156 cm³/mol. The van der Waals surface area contributed by atoms with Gasteiger partial charge in [-0.1, -0.05) is 30.3 Å². The lowest BCUT2D eigenvalue weighted by atomic mass is 9.83. The molecule has 1 aliphatic heterocycles. The summed E-state index contributed by atoms with van der Waals surface area (Å²) in [6.45, 7) is 9.60. The van der Waals surface area contributed by atoms with E-state index in [1.807, 2.05) is 44.2 Å². The highest BCUT2D eigenvalue weighted by atomic mass is 32.3. The third-order valence-corrected chi connectivity index (χ3v) is 11.1. The second-order valence-electron chi connectivity index (χ2n) is 13.0. The number of carbonyl (C=O) groups is 3. The molecular formula is C29H43N5O4S. The van der Waals surface area contributed by atoms with Gasteiger partial charge in [0.05, 0.1) is 34.0 Å². The van der Waals surface area contributed by atoms with Gasteiger partial charge in [0.25, 0.3) is 0 Å². The third-order valence-electron chi connectivity index (χ3n) is 8.19. The van der Waals surface area contributed by atoms with E-state index in [1.54, 1.807) is 25.7 Å². The highest BCUT2D eigenvalue weighted by molar-refractivity contribution is 8.33. The van der Waals surface area contributed by atoms with E-state index >= 15 is 0 Å². The second kappa shape index (κ2) is 10.2. The molecule has 1 aromatic carbocycles. The summed E-state index contributed by atoms with van der Waals surface area (Å²) in [5, 5.41) is 13.7. The molecule has 3 amide bonds. The molecule has 0 spiro atoms. The van der Waals surface area contributed by atoms with Crippen molar-refractivity contribution in [3.8, 4) is 0 Å². The van der Waals surface area contributed by atoms with Crippen LogP contribution in [-0.4, -0.2) is 63.1 Å². The van der Waals surface area contributed by atoms with Crippen molar-refractivity contribution in [2.24, 2.45) is 5.41 Å². The van der Waals surface area contributed by atoms with Crippen LogP contribution in [0, 0.1) is 5.41 Å². The number of nitrogens with zero attached hydrogens (tertiary/aromatic N) is 2. The number of hydrogen-bond donors (Lipinski definition) is 3. The van der Waals surface area contributed by atoms with Crippen LogP contribution in [0.2, 0.25) is 0 Å². The lowest BCUT2D eigenvalue weighted by Gasteiger charge is -2.53. The Hall–Kier alpha value is -3.01. The molecule has 214 valence electrons. The smallest absolute Gasteiger partial charge is 0.319 e. The van der Waals surface area contributed by atoms with Crippen molar-refractivity contribution in [3.63, 3.8) is 0 Å². The summed E-state index contributed by atoms with van der Waals surface area (Å²) in [5.74, 6) is 0.185. The highest BCUT2D eigenvalue weighted by Gasteiger charge is 2.51. The zero-order valence-electron chi connectivity index (χ0n) is 24.4. The van der Waals surface area contributed by atoms with E-state index in [0.29, 0.717) is 12.4 Å². The van der Waals surface area contributed by atoms with E-state index in [0.717, 1.165) is 36.1 Å². The number of rotatable bonds is 7. The minimum Gasteiger partial charge on any atom is -0.463 e. The number of amides is 3. The summed E-state index contributed by atoms with van der Waals surface area (Å²) in [6, 6.07) is 8.66. The van der Waals surface area contributed by atoms with Crippen LogP contribution in [-0.2, 0) is 26.4 Å². The number of fused-ring (bicyclic) bond motifs is 1. The molecule has 9 nitrogen and oxygen atoms in total. The van der Waals surface area contributed by atoms with E-state index in [9.17, 15) is 14.4 Å². The molecule has 1 saturated carbocycles. The maximum Gasteiger partial charge on any atom is 0.319 e.